The molecule has 2 nitrogen and oxygen atoms in total. The van der Waals surface area contributed by atoms with Crippen molar-refractivity contribution >= 4 is 11.6 Å². The lowest BCUT2D eigenvalue weighted by atomic mass is 9.84. The normalized spacial score (nSPS) is 13.3. The minimum absolute atomic E-state index is 0.0680. The maximum absolute atomic E-state index is 13.0. The summed E-state index contributed by atoms with van der Waals surface area (Å²) in [6, 6.07) is 5.81. The van der Waals surface area contributed by atoms with E-state index in [1.165, 1.54) is 17.4 Å². The van der Waals surface area contributed by atoms with Crippen LogP contribution in [0.4, 0.5) is 10.1 Å². The van der Waals surface area contributed by atoms with E-state index in [2.05, 4.69) is 20.8 Å². The summed E-state index contributed by atoms with van der Waals surface area (Å²) in [6.07, 6.45) is -1.47. The number of hydrogen-bond donors (Lipinski definition) is 0. The third kappa shape index (κ3) is 3.09. The number of halogens is 1. The molecule has 1 unspecified atom stereocenters. The number of nitrogens with zero attached hydrogens (tertiary/aromatic N) is 1. The van der Waals surface area contributed by atoms with E-state index in [0.717, 1.165) is 11.3 Å². The largest absolute Gasteiger partial charge is 0.313 e. The van der Waals surface area contributed by atoms with Crippen LogP contribution >= 0.6 is 0 Å². The third-order valence-corrected chi connectivity index (χ3v) is 3.08. The van der Waals surface area contributed by atoms with E-state index in [1.807, 2.05) is 25.1 Å². The number of carbonyl (C=O) groups is 1. The highest BCUT2D eigenvalue weighted by molar-refractivity contribution is 5.95. The second kappa shape index (κ2) is 5.09. The zero-order chi connectivity index (χ0) is 14.1. The van der Waals surface area contributed by atoms with Gasteiger partial charge in [0.2, 0.25) is 0 Å². The topological polar surface area (TPSA) is 20.3 Å². The SMILES string of the molecule is Cc1cc(N(C)C(=O)C(C)F)ccc1C(C)(C)C. The van der Waals surface area contributed by atoms with Crippen LogP contribution in [0.5, 0.6) is 0 Å². The Morgan fingerprint density at radius 1 is 1.33 bits per heavy atom. The van der Waals surface area contributed by atoms with Crippen molar-refractivity contribution in [1.29, 1.82) is 0 Å². The van der Waals surface area contributed by atoms with Gasteiger partial charge < -0.3 is 4.90 Å². The molecule has 0 radical (unpaired) electrons. The Morgan fingerprint density at radius 3 is 2.28 bits per heavy atom. The fourth-order valence-corrected chi connectivity index (χ4v) is 2.09. The van der Waals surface area contributed by atoms with Crippen molar-refractivity contribution in [3.63, 3.8) is 0 Å². The molecular weight excluding hydrogens is 229 g/mol. The highest BCUT2D eigenvalue weighted by atomic mass is 19.1. The van der Waals surface area contributed by atoms with Crippen molar-refractivity contribution in [2.24, 2.45) is 0 Å². The van der Waals surface area contributed by atoms with E-state index in [-0.39, 0.29) is 5.41 Å². The zero-order valence-electron chi connectivity index (χ0n) is 12.0. The molecule has 0 spiro atoms. The van der Waals surface area contributed by atoms with Crippen molar-refractivity contribution in [3.05, 3.63) is 29.3 Å². The van der Waals surface area contributed by atoms with Crippen LogP contribution in [0, 0.1) is 6.92 Å². The van der Waals surface area contributed by atoms with Crippen LogP contribution in [0.3, 0.4) is 0 Å². The Morgan fingerprint density at radius 2 is 1.89 bits per heavy atom. The van der Waals surface area contributed by atoms with Gasteiger partial charge in [0.05, 0.1) is 0 Å². The summed E-state index contributed by atoms with van der Waals surface area (Å²) in [5.74, 6) is -0.516. The van der Waals surface area contributed by atoms with Crippen molar-refractivity contribution < 1.29 is 9.18 Å². The molecule has 18 heavy (non-hydrogen) atoms. The summed E-state index contributed by atoms with van der Waals surface area (Å²) >= 11 is 0. The van der Waals surface area contributed by atoms with Crippen molar-refractivity contribution in [1.82, 2.24) is 0 Å². The quantitative estimate of drug-likeness (QED) is 0.786. The van der Waals surface area contributed by atoms with Crippen molar-refractivity contribution in [2.45, 2.75) is 46.2 Å². The molecule has 0 aliphatic rings. The first kappa shape index (κ1) is 14.7. The fraction of sp³-hybridized carbons (Fsp3) is 0.533. The molecular formula is C15H22FNO. The first-order chi connectivity index (χ1) is 8.14. The van der Waals surface area contributed by atoms with E-state index in [0.29, 0.717) is 0 Å². The van der Waals surface area contributed by atoms with E-state index < -0.39 is 12.1 Å². The lowest BCUT2D eigenvalue weighted by Crippen LogP contribution is -2.32. The summed E-state index contributed by atoms with van der Waals surface area (Å²) in [5, 5.41) is 0. The number of alkyl halides is 1. The van der Waals surface area contributed by atoms with E-state index >= 15 is 0 Å². The first-order valence-corrected chi connectivity index (χ1v) is 6.17. The smallest absolute Gasteiger partial charge is 0.260 e. The van der Waals surface area contributed by atoms with Crippen LogP contribution in [-0.4, -0.2) is 19.1 Å². The van der Waals surface area contributed by atoms with Crippen LogP contribution in [0.1, 0.15) is 38.8 Å². The number of benzene rings is 1. The van der Waals surface area contributed by atoms with Crippen LogP contribution in [0.15, 0.2) is 18.2 Å². The molecule has 0 N–H and O–H groups in total. The molecule has 1 atom stereocenters. The number of carbonyl (C=O) groups excluding carboxylic acids is 1. The summed E-state index contributed by atoms with van der Waals surface area (Å²) in [5.41, 5.74) is 3.15. The van der Waals surface area contributed by atoms with Gasteiger partial charge in [-0.3, -0.25) is 4.79 Å². The summed E-state index contributed by atoms with van der Waals surface area (Å²) in [7, 11) is 1.60. The number of rotatable bonds is 2. The highest BCUT2D eigenvalue weighted by Gasteiger charge is 2.20. The molecule has 0 aromatic heterocycles. The lowest BCUT2D eigenvalue weighted by Gasteiger charge is -2.24. The van der Waals surface area contributed by atoms with E-state index in [1.54, 1.807) is 7.05 Å². The second-order valence-corrected chi connectivity index (χ2v) is 5.76. The summed E-state index contributed by atoms with van der Waals surface area (Å²) < 4.78 is 13.0. The lowest BCUT2D eigenvalue weighted by molar-refractivity contribution is -0.122. The minimum atomic E-state index is -1.47. The van der Waals surface area contributed by atoms with Gasteiger partial charge in [0.15, 0.2) is 6.17 Å². The number of anilines is 1. The molecule has 1 rings (SSSR count). The number of hydrogen-bond acceptors (Lipinski definition) is 1. The Balaban J connectivity index is 3.09. The number of amides is 1. The maximum atomic E-state index is 13.0. The first-order valence-electron chi connectivity index (χ1n) is 6.17. The molecule has 3 heteroatoms. The second-order valence-electron chi connectivity index (χ2n) is 5.76. The van der Waals surface area contributed by atoms with Crippen molar-refractivity contribution in [2.75, 3.05) is 11.9 Å². The van der Waals surface area contributed by atoms with E-state index in [9.17, 15) is 9.18 Å². The van der Waals surface area contributed by atoms with Gasteiger partial charge in [0.25, 0.3) is 5.91 Å². The summed E-state index contributed by atoms with van der Waals surface area (Å²) in [6.45, 7) is 9.71. The molecule has 100 valence electrons. The monoisotopic (exact) mass is 251 g/mol. The standard InChI is InChI=1S/C15H22FNO/c1-10-9-12(17(6)14(18)11(2)16)7-8-13(10)15(3,4)5/h7-9,11H,1-6H3. The van der Waals surface area contributed by atoms with Crippen molar-refractivity contribution in [3.8, 4) is 0 Å². The Bertz CT molecular complexity index is 446. The molecule has 0 saturated carbocycles. The molecule has 1 aromatic carbocycles. The average molecular weight is 251 g/mol. The molecule has 0 saturated heterocycles. The highest BCUT2D eigenvalue weighted by Crippen LogP contribution is 2.28. The van der Waals surface area contributed by atoms with Gasteiger partial charge in [-0.25, -0.2) is 4.39 Å². The van der Waals surface area contributed by atoms with Gasteiger partial charge in [-0.15, -0.1) is 0 Å². The van der Waals surface area contributed by atoms with E-state index in [4.69, 9.17) is 0 Å². The molecule has 0 fully saturated rings. The van der Waals surface area contributed by atoms with Crippen LogP contribution in [0.25, 0.3) is 0 Å². The predicted molar refractivity (Wildman–Crippen MR) is 73.9 cm³/mol. The number of aryl methyl sites for hydroxylation is 1. The Kier molecular flexibility index (Phi) is 4.15. The Hall–Kier alpha value is -1.38. The molecule has 0 aliphatic heterocycles. The summed E-state index contributed by atoms with van der Waals surface area (Å²) in [4.78, 5) is 13.0. The third-order valence-electron chi connectivity index (χ3n) is 3.08. The maximum Gasteiger partial charge on any atom is 0.260 e. The van der Waals surface area contributed by atoms with Gasteiger partial charge in [-0.05, 0) is 42.5 Å². The molecule has 0 aliphatic carbocycles. The van der Waals surface area contributed by atoms with Crippen LogP contribution < -0.4 is 4.90 Å². The van der Waals surface area contributed by atoms with Crippen LogP contribution in [0.2, 0.25) is 0 Å². The van der Waals surface area contributed by atoms with Gasteiger partial charge in [0.1, 0.15) is 0 Å². The zero-order valence-corrected chi connectivity index (χ0v) is 12.0. The van der Waals surface area contributed by atoms with Crippen LogP contribution in [-0.2, 0) is 10.2 Å². The molecule has 0 bridgehead atoms. The average Bonchev–Trinajstić information content (AvgIpc) is 2.24. The minimum Gasteiger partial charge on any atom is -0.313 e. The van der Waals surface area contributed by atoms with Gasteiger partial charge >= 0.3 is 0 Å². The molecule has 1 amide bonds. The van der Waals surface area contributed by atoms with Gasteiger partial charge in [-0.2, -0.15) is 0 Å². The molecule has 1 aromatic rings. The predicted octanol–water partition coefficient (Wildman–Crippen LogP) is 3.61. The van der Waals surface area contributed by atoms with Gasteiger partial charge in [0, 0.05) is 12.7 Å². The fourth-order valence-electron chi connectivity index (χ4n) is 2.09. The Labute approximate surface area is 109 Å². The molecule has 0 heterocycles. The van der Waals surface area contributed by atoms with Gasteiger partial charge in [-0.1, -0.05) is 26.8 Å².